The van der Waals surface area contributed by atoms with E-state index in [9.17, 15) is 16.8 Å². The first-order valence-corrected chi connectivity index (χ1v) is 8.42. The van der Waals surface area contributed by atoms with Crippen LogP contribution < -0.4 is 4.72 Å². The fourth-order valence-corrected chi connectivity index (χ4v) is 2.88. The predicted molar refractivity (Wildman–Crippen MR) is 64.1 cm³/mol. The van der Waals surface area contributed by atoms with Crippen LogP contribution in [0, 0.1) is 0 Å². The van der Waals surface area contributed by atoms with E-state index in [0.717, 1.165) is 6.26 Å². The Balaban J connectivity index is 2.77. The summed E-state index contributed by atoms with van der Waals surface area (Å²) in [7, 11) is -6.95. The van der Waals surface area contributed by atoms with Crippen LogP contribution in [0.1, 0.15) is 0 Å². The van der Waals surface area contributed by atoms with E-state index in [2.05, 4.69) is 9.71 Å². The van der Waals surface area contributed by atoms with E-state index in [1.165, 1.54) is 18.3 Å². The van der Waals surface area contributed by atoms with Gasteiger partial charge in [-0.2, -0.15) is 0 Å². The molecular formula is C8H11ClN2O4S2. The number of halogens is 1. The summed E-state index contributed by atoms with van der Waals surface area (Å²) in [6.07, 6.45) is 2.29. The molecule has 0 radical (unpaired) electrons. The first-order chi connectivity index (χ1) is 7.71. The molecule has 96 valence electrons. The van der Waals surface area contributed by atoms with Crippen molar-refractivity contribution in [3.8, 4) is 0 Å². The molecule has 1 aromatic rings. The Morgan fingerprint density at radius 2 is 2.00 bits per heavy atom. The molecule has 1 heterocycles. The van der Waals surface area contributed by atoms with Gasteiger partial charge in [-0.15, -0.1) is 0 Å². The van der Waals surface area contributed by atoms with Gasteiger partial charge in [0.05, 0.1) is 10.6 Å². The normalized spacial score (nSPS) is 12.6. The lowest BCUT2D eigenvalue weighted by Crippen LogP contribution is -2.28. The minimum Gasteiger partial charge on any atom is -0.244 e. The molecule has 0 spiro atoms. The van der Waals surface area contributed by atoms with E-state index in [1.54, 1.807) is 0 Å². The third kappa shape index (κ3) is 4.99. The predicted octanol–water partition coefficient (Wildman–Crippen LogP) is 0.0579. The fourth-order valence-electron chi connectivity index (χ4n) is 0.997. The molecule has 0 bridgehead atoms. The second-order valence-electron chi connectivity index (χ2n) is 3.34. The number of nitrogens with zero attached hydrogens (tertiary/aromatic N) is 1. The maximum Gasteiger partial charge on any atom is 0.240 e. The van der Waals surface area contributed by atoms with Crippen molar-refractivity contribution in [3.63, 3.8) is 0 Å². The van der Waals surface area contributed by atoms with Crippen molar-refractivity contribution >= 4 is 31.5 Å². The van der Waals surface area contributed by atoms with Crippen LogP contribution in [0.2, 0.25) is 5.15 Å². The summed E-state index contributed by atoms with van der Waals surface area (Å²) in [6, 6.07) is 2.46. The van der Waals surface area contributed by atoms with Crippen LogP contribution in [-0.4, -0.2) is 40.4 Å². The van der Waals surface area contributed by atoms with Crippen LogP contribution in [-0.2, 0) is 19.9 Å². The van der Waals surface area contributed by atoms with Gasteiger partial charge in [0.15, 0.2) is 0 Å². The zero-order chi connectivity index (χ0) is 13.1. The lowest BCUT2D eigenvalue weighted by molar-refractivity contribution is 0.582. The number of pyridine rings is 1. The summed E-state index contributed by atoms with van der Waals surface area (Å²) in [4.78, 5) is 3.60. The molecule has 17 heavy (non-hydrogen) atoms. The Morgan fingerprint density at radius 3 is 2.53 bits per heavy atom. The molecule has 0 saturated heterocycles. The highest BCUT2D eigenvalue weighted by Crippen LogP contribution is 2.12. The van der Waals surface area contributed by atoms with Crippen LogP contribution in [0.15, 0.2) is 23.2 Å². The number of sulfonamides is 1. The monoisotopic (exact) mass is 298 g/mol. The molecule has 1 rings (SSSR count). The van der Waals surface area contributed by atoms with E-state index < -0.39 is 19.9 Å². The van der Waals surface area contributed by atoms with Crippen molar-refractivity contribution in [2.75, 3.05) is 18.6 Å². The van der Waals surface area contributed by atoms with Gasteiger partial charge in [0, 0.05) is 19.0 Å². The summed E-state index contributed by atoms with van der Waals surface area (Å²) >= 11 is 5.56. The molecule has 1 aromatic heterocycles. The van der Waals surface area contributed by atoms with Gasteiger partial charge >= 0.3 is 0 Å². The highest BCUT2D eigenvalue weighted by molar-refractivity contribution is 7.91. The van der Waals surface area contributed by atoms with Crippen molar-refractivity contribution in [1.29, 1.82) is 0 Å². The van der Waals surface area contributed by atoms with Gasteiger partial charge in [0.2, 0.25) is 10.0 Å². The number of rotatable bonds is 5. The molecule has 0 unspecified atom stereocenters. The van der Waals surface area contributed by atoms with Crippen LogP contribution in [0.4, 0.5) is 0 Å². The molecule has 9 heteroatoms. The SMILES string of the molecule is CS(=O)(=O)CCNS(=O)(=O)c1ccnc(Cl)c1. The van der Waals surface area contributed by atoms with Gasteiger partial charge < -0.3 is 0 Å². The van der Waals surface area contributed by atoms with Gasteiger partial charge in [-0.05, 0) is 12.1 Å². The lowest BCUT2D eigenvalue weighted by atomic mass is 10.5. The first-order valence-electron chi connectivity index (χ1n) is 4.50. The maximum atomic E-state index is 11.7. The highest BCUT2D eigenvalue weighted by Gasteiger charge is 2.15. The topological polar surface area (TPSA) is 93.2 Å². The molecule has 0 atom stereocenters. The Bertz CT molecular complexity index is 598. The minimum absolute atomic E-state index is 0.0500. The maximum absolute atomic E-state index is 11.7. The summed E-state index contributed by atoms with van der Waals surface area (Å²) in [5.41, 5.74) is 0. The fraction of sp³-hybridized carbons (Fsp3) is 0.375. The van der Waals surface area contributed by atoms with Gasteiger partial charge in [-0.25, -0.2) is 26.5 Å². The molecule has 0 aromatic carbocycles. The van der Waals surface area contributed by atoms with Crippen LogP contribution >= 0.6 is 11.6 Å². The standard InChI is InChI=1S/C8H11ClN2O4S2/c1-16(12,13)5-4-11-17(14,15)7-2-3-10-8(9)6-7/h2-3,6,11H,4-5H2,1H3. The molecule has 0 fully saturated rings. The van der Waals surface area contributed by atoms with Crippen LogP contribution in [0.3, 0.4) is 0 Å². The Kier molecular flexibility index (Phi) is 4.48. The summed E-state index contributed by atoms with van der Waals surface area (Å²) in [5, 5.41) is 0.0518. The first kappa shape index (κ1) is 14.4. The number of hydrogen-bond donors (Lipinski definition) is 1. The third-order valence-electron chi connectivity index (χ3n) is 1.77. The molecule has 0 aliphatic heterocycles. The third-order valence-corrected chi connectivity index (χ3v) is 4.38. The highest BCUT2D eigenvalue weighted by atomic mass is 35.5. The van der Waals surface area contributed by atoms with Crippen molar-refractivity contribution in [3.05, 3.63) is 23.5 Å². The summed E-state index contributed by atoms with van der Waals surface area (Å²) in [6.45, 7) is -0.179. The Morgan fingerprint density at radius 1 is 1.35 bits per heavy atom. The van der Waals surface area contributed by atoms with Crippen molar-refractivity contribution in [2.24, 2.45) is 0 Å². The number of nitrogens with one attached hydrogen (secondary N) is 1. The van der Waals surface area contributed by atoms with Gasteiger partial charge in [0.25, 0.3) is 0 Å². The van der Waals surface area contributed by atoms with E-state index in [1.807, 2.05) is 0 Å². The van der Waals surface area contributed by atoms with Crippen LogP contribution in [0.25, 0.3) is 0 Å². The molecule has 1 N–H and O–H groups in total. The van der Waals surface area contributed by atoms with E-state index >= 15 is 0 Å². The van der Waals surface area contributed by atoms with Gasteiger partial charge in [-0.3, -0.25) is 0 Å². The Hall–Kier alpha value is -0.700. The average molecular weight is 299 g/mol. The number of aromatic nitrogens is 1. The molecular weight excluding hydrogens is 288 g/mol. The largest absolute Gasteiger partial charge is 0.244 e. The Labute approximate surface area is 105 Å². The van der Waals surface area contributed by atoms with Gasteiger partial charge in [0.1, 0.15) is 15.0 Å². The molecule has 6 nitrogen and oxygen atoms in total. The molecule has 0 amide bonds. The second kappa shape index (κ2) is 5.30. The zero-order valence-corrected chi connectivity index (χ0v) is 11.3. The summed E-state index contributed by atoms with van der Waals surface area (Å²) < 4.78 is 47.2. The van der Waals surface area contributed by atoms with E-state index in [4.69, 9.17) is 11.6 Å². The van der Waals surface area contributed by atoms with E-state index in [0.29, 0.717) is 0 Å². The molecule has 0 aliphatic rings. The smallest absolute Gasteiger partial charge is 0.240 e. The zero-order valence-electron chi connectivity index (χ0n) is 8.92. The number of sulfone groups is 1. The van der Waals surface area contributed by atoms with Gasteiger partial charge in [-0.1, -0.05) is 11.6 Å². The second-order valence-corrected chi connectivity index (χ2v) is 7.76. The van der Waals surface area contributed by atoms with E-state index in [-0.39, 0.29) is 22.3 Å². The van der Waals surface area contributed by atoms with Crippen LogP contribution in [0.5, 0.6) is 0 Å². The quantitative estimate of drug-likeness (QED) is 0.776. The molecule has 0 aliphatic carbocycles. The molecule has 0 saturated carbocycles. The van der Waals surface area contributed by atoms with Crippen molar-refractivity contribution in [2.45, 2.75) is 4.90 Å². The number of hydrogen-bond acceptors (Lipinski definition) is 5. The minimum atomic E-state index is -3.74. The van der Waals surface area contributed by atoms with Crippen molar-refractivity contribution < 1.29 is 16.8 Å². The summed E-state index contributed by atoms with van der Waals surface area (Å²) in [5.74, 6) is -0.259. The van der Waals surface area contributed by atoms with Crippen molar-refractivity contribution in [1.82, 2.24) is 9.71 Å². The average Bonchev–Trinajstić information content (AvgIpc) is 2.15. The lowest BCUT2D eigenvalue weighted by Gasteiger charge is -2.05.